The molecule has 0 radical (unpaired) electrons. The number of rotatable bonds is 7. The van der Waals surface area contributed by atoms with Crippen molar-refractivity contribution in [3.8, 4) is 21.9 Å². The highest BCUT2D eigenvalue weighted by Crippen LogP contribution is 2.43. The van der Waals surface area contributed by atoms with Crippen LogP contribution in [0.3, 0.4) is 0 Å². The minimum atomic E-state index is -2.39. The largest absolute Gasteiger partial charge is 0.772 e. The lowest BCUT2D eigenvalue weighted by atomic mass is 10.0. The highest BCUT2D eigenvalue weighted by molar-refractivity contribution is 7.79. The molecule has 0 amide bonds. The Morgan fingerprint density at radius 3 is 2.70 bits per heavy atom. The maximum absolute atomic E-state index is 14.2. The molecule has 0 aliphatic heterocycles. The van der Waals surface area contributed by atoms with Crippen LogP contribution in [0.15, 0.2) is 40.1 Å². The van der Waals surface area contributed by atoms with E-state index in [2.05, 4.69) is 15.2 Å². The zero-order valence-electron chi connectivity index (χ0n) is 16.4. The van der Waals surface area contributed by atoms with Gasteiger partial charge < -0.3 is 14.7 Å². The van der Waals surface area contributed by atoms with Crippen molar-refractivity contribution in [1.82, 2.24) is 10.2 Å². The molecule has 2 atom stereocenters. The molecule has 0 aliphatic carbocycles. The first-order valence-electron chi connectivity index (χ1n) is 8.87. The van der Waals surface area contributed by atoms with E-state index >= 15 is 0 Å². The van der Waals surface area contributed by atoms with Crippen LogP contribution in [0.5, 0.6) is 0 Å². The summed E-state index contributed by atoms with van der Waals surface area (Å²) >= 11 is 5.31. The minimum absolute atomic E-state index is 0.0668. The van der Waals surface area contributed by atoms with Crippen LogP contribution >= 0.6 is 22.9 Å². The molecule has 1 aromatic carbocycles. The number of benzene rings is 1. The van der Waals surface area contributed by atoms with Crippen molar-refractivity contribution >= 4 is 39.9 Å². The molecule has 0 fully saturated rings. The highest BCUT2D eigenvalue weighted by Gasteiger charge is 2.32. The summed E-state index contributed by atoms with van der Waals surface area (Å²) in [6.45, 7) is 5.39. The first-order chi connectivity index (χ1) is 14.1. The van der Waals surface area contributed by atoms with Gasteiger partial charge in [-0.15, -0.1) is 21.5 Å². The van der Waals surface area contributed by atoms with Gasteiger partial charge in [-0.3, -0.25) is 9.20 Å². The summed E-state index contributed by atoms with van der Waals surface area (Å²) in [6.07, 6.45) is 1.16. The van der Waals surface area contributed by atoms with Gasteiger partial charge in [0.2, 0.25) is 12.3 Å². The first-order valence-corrected chi connectivity index (χ1v) is 11.3. The fraction of sp³-hybridized carbons (Fsp3) is 0.316. The second-order valence-electron chi connectivity index (χ2n) is 7.17. The summed E-state index contributed by atoms with van der Waals surface area (Å²) in [4.78, 5) is 5.64. The van der Waals surface area contributed by atoms with Crippen molar-refractivity contribution in [2.75, 3.05) is 5.75 Å². The molecule has 160 valence electrons. The molecule has 0 saturated heterocycles. The van der Waals surface area contributed by atoms with Crippen molar-refractivity contribution in [3.63, 3.8) is 0 Å². The molecule has 0 bridgehead atoms. The van der Waals surface area contributed by atoms with E-state index in [4.69, 9.17) is 21.8 Å². The molecule has 1 unspecified atom stereocenters. The second kappa shape index (κ2) is 8.93. The number of hydrogen-bond acceptors (Lipinski definition) is 7. The minimum Gasteiger partial charge on any atom is -0.772 e. The van der Waals surface area contributed by atoms with Gasteiger partial charge in [0, 0.05) is 22.1 Å². The van der Waals surface area contributed by atoms with Crippen LogP contribution in [0.25, 0.3) is 21.9 Å². The standard InChI is InChI=1S/C19H20ClFN4O3S2/c1-10(2)17(22)24-19(3,8-30(26)27)16-14(20)7-15(29-16)11-4-12(6-13(21)5-11)18-25-23-9-28-18/h4-7,9-10H,8H2,1-3H3,(H2,22,24)(H,26,27)/p-1/t19-/m0/s1. The number of nitrogens with zero attached hydrogens (tertiary/aromatic N) is 3. The summed E-state index contributed by atoms with van der Waals surface area (Å²) in [6, 6.07) is 5.98. The summed E-state index contributed by atoms with van der Waals surface area (Å²) in [7, 11) is 0. The molecule has 0 aliphatic rings. The maximum atomic E-state index is 14.2. The van der Waals surface area contributed by atoms with Gasteiger partial charge >= 0.3 is 0 Å². The zero-order chi connectivity index (χ0) is 22.1. The highest BCUT2D eigenvalue weighted by atomic mass is 35.5. The molecule has 7 nitrogen and oxygen atoms in total. The Morgan fingerprint density at radius 1 is 1.40 bits per heavy atom. The lowest BCUT2D eigenvalue weighted by Crippen LogP contribution is -2.31. The molecule has 2 N–H and O–H groups in total. The van der Waals surface area contributed by atoms with Crippen molar-refractivity contribution in [3.05, 3.63) is 46.4 Å². The molecular weight excluding hydrogens is 451 g/mol. The van der Waals surface area contributed by atoms with E-state index in [1.165, 1.54) is 23.5 Å². The van der Waals surface area contributed by atoms with E-state index in [-0.39, 0.29) is 17.6 Å². The number of nitrogens with two attached hydrogens (primary N) is 1. The predicted octanol–water partition coefficient (Wildman–Crippen LogP) is 4.37. The van der Waals surface area contributed by atoms with E-state index in [9.17, 15) is 13.2 Å². The van der Waals surface area contributed by atoms with Crippen LogP contribution in [0, 0.1) is 11.7 Å². The normalized spacial score (nSPS) is 15.4. The number of hydrogen-bond donors (Lipinski definition) is 1. The van der Waals surface area contributed by atoms with Crippen molar-refractivity contribution in [1.29, 1.82) is 0 Å². The lowest BCUT2D eigenvalue weighted by Gasteiger charge is -2.27. The fourth-order valence-corrected chi connectivity index (χ4v) is 5.20. The number of aliphatic imine (C=N–C) groups is 1. The Labute approximate surface area is 184 Å². The van der Waals surface area contributed by atoms with Crippen molar-refractivity contribution < 1.29 is 17.6 Å². The van der Waals surface area contributed by atoms with E-state index in [1.54, 1.807) is 19.1 Å². The number of thiophene rings is 1. The Kier molecular flexibility index (Phi) is 6.71. The van der Waals surface area contributed by atoms with Gasteiger partial charge in [-0.05, 0) is 36.8 Å². The van der Waals surface area contributed by atoms with Gasteiger partial charge in [-0.1, -0.05) is 36.5 Å². The van der Waals surface area contributed by atoms with Gasteiger partial charge in [0.05, 0.1) is 15.7 Å². The molecule has 11 heteroatoms. The van der Waals surface area contributed by atoms with Crippen LogP contribution in [-0.4, -0.2) is 30.5 Å². The number of aromatic nitrogens is 2. The van der Waals surface area contributed by atoms with E-state index in [0.717, 1.165) is 6.39 Å². The van der Waals surface area contributed by atoms with Crippen molar-refractivity contribution in [2.24, 2.45) is 16.6 Å². The Bertz CT molecular complexity index is 1100. The molecule has 0 spiro atoms. The zero-order valence-corrected chi connectivity index (χ0v) is 18.8. The molecule has 3 rings (SSSR count). The molecule has 2 heterocycles. The third-order valence-corrected chi connectivity index (χ3v) is 6.98. The van der Waals surface area contributed by atoms with Gasteiger partial charge in [0.25, 0.3) is 0 Å². The smallest absolute Gasteiger partial charge is 0.247 e. The number of halogens is 2. The van der Waals surface area contributed by atoms with Gasteiger partial charge in [0.15, 0.2) is 0 Å². The quantitative estimate of drug-likeness (QED) is 0.312. The number of amidine groups is 1. The van der Waals surface area contributed by atoms with Crippen LogP contribution in [0.2, 0.25) is 5.02 Å². The molecule has 0 saturated carbocycles. The van der Waals surface area contributed by atoms with E-state index in [1.807, 2.05) is 13.8 Å². The Morgan fingerprint density at radius 2 is 2.10 bits per heavy atom. The topological polar surface area (TPSA) is 117 Å². The summed E-state index contributed by atoms with van der Waals surface area (Å²) in [5.74, 6) is -0.353. The summed E-state index contributed by atoms with van der Waals surface area (Å²) < 4.78 is 42.4. The first kappa shape index (κ1) is 22.5. The molecular formula is C19H19ClFN4O3S2-. The van der Waals surface area contributed by atoms with Crippen LogP contribution in [-0.2, 0) is 16.6 Å². The van der Waals surface area contributed by atoms with E-state index in [0.29, 0.717) is 31.7 Å². The van der Waals surface area contributed by atoms with Crippen LogP contribution in [0.1, 0.15) is 25.6 Å². The van der Waals surface area contributed by atoms with Crippen LogP contribution in [0.4, 0.5) is 4.39 Å². The lowest BCUT2D eigenvalue weighted by molar-refractivity contribution is 0.500. The maximum Gasteiger partial charge on any atom is 0.247 e. The fourth-order valence-electron chi connectivity index (χ4n) is 2.82. The summed E-state index contributed by atoms with van der Waals surface area (Å²) in [5.41, 5.74) is 5.79. The average Bonchev–Trinajstić information content (AvgIpc) is 3.30. The SMILES string of the molecule is CC(C)C(N)=N[C@@](C)(CS(=O)[O-])c1sc(-c2cc(F)cc(-c3nnco3)c2)cc1Cl. The third kappa shape index (κ3) is 4.94. The third-order valence-electron chi connectivity index (χ3n) is 4.33. The second-order valence-corrected chi connectivity index (χ2v) is 9.53. The Hall–Kier alpha value is -2.14. The monoisotopic (exact) mass is 469 g/mol. The van der Waals surface area contributed by atoms with Crippen LogP contribution < -0.4 is 5.73 Å². The molecule has 30 heavy (non-hydrogen) atoms. The van der Waals surface area contributed by atoms with Gasteiger partial charge in [-0.2, -0.15) is 0 Å². The average molecular weight is 470 g/mol. The predicted molar refractivity (Wildman–Crippen MR) is 116 cm³/mol. The van der Waals surface area contributed by atoms with Crippen molar-refractivity contribution in [2.45, 2.75) is 26.3 Å². The van der Waals surface area contributed by atoms with E-state index < -0.39 is 22.4 Å². The molecule has 2 aromatic heterocycles. The van der Waals surface area contributed by atoms with Gasteiger partial charge in [-0.25, -0.2) is 4.39 Å². The van der Waals surface area contributed by atoms with Gasteiger partial charge in [0.1, 0.15) is 11.4 Å². The summed E-state index contributed by atoms with van der Waals surface area (Å²) in [5, 5.41) is 7.73. The Balaban J connectivity index is 2.10. The molecule has 3 aromatic rings.